The van der Waals surface area contributed by atoms with Gasteiger partial charge in [-0.05, 0) is 25.5 Å². The highest BCUT2D eigenvalue weighted by atomic mass is 35.5. The van der Waals surface area contributed by atoms with Crippen molar-refractivity contribution in [2.24, 2.45) is 0 Å². The van der Waals surface area contributed by atoms with E-state index in [1.165, 1.54) is 0 Å². The molecule has 0 aliphatic carbocycles. The smallest absolute Gasteiger partial charge is 0.227 e. The first-order valence-corrected chi connectivity index (χ1v) is 6.75. The molecule has 2 N–H and O–H groups in total. The number of rotatable bonds is 7. The molecule has 1 amide bonds. The predicted octanol–water partition coefficient (Wildman–Crippen LogP) is 2.72. The van der Waals surface area contributed by atoms with E-state index in [2.05, 4.69) is 24.5 Å². The zero-order valence-corrected chi connectivity index (χ0v) is 12.8. The van der Waals surface area contributed by atoms with Gasteiger partial charge < -0.3 is 10.6 Å². The van der Waals surface area contributed by atoms with Crippen LogP contribution in [-0.2, 0) is 4.79 Å². The van der Waals surface area contributed by atoms with Crippen LogP contribution in [0.3, 0.4) is 0 Å². The number of likely N-dealkylation sites (N-methyl/N-ethyl adjacent to an activating group) is 1. The van der Waals surface area contributed by atoms with Crippen LogP contribution in [0, 0.1) is 0 Å². The van der Waals surface area contributed by atoms with Crippen molar-refractivity contribution in [1.29, 1.82) is 0 Å². The number of halogens is 1. The molecule has 0 aliphatic heterocycles. The molecule has 1 rings (SSSR count). The van der Waals surface area contributed by atoms with Gasteiger partial charge in [-0.15, -0.1) is 12.4 Å². The summed E-state index contributed by atoms with van der Waals surface area (Å²) in [5.74, 6) is 0.0773. The third-order valence-electron chi connectivity index (χ3n) is 3.06. The van der Waals surface area contributed by atoms with Crippen LogP contribution in [0.15, 0.2) is 30.3 Å². The molecule has 0 aliphatic rings. The Bertz CT molecular complexity index is 356. The van der Waals surface area contributed by atoms with Gasteiger partial charge in [0.05, 0.1) is 5.92 Å². The van der Waals surface area contributed by atoms with Crippen LogP contribution < -0.4 is 10.6 Å². The molecule has 19 heavy (non-hydrogen) atoms. The van der Waals surface area contributed by atoms with Gasteiger partial charge in [0.15, 0.2) is 0 Å². The Labute approximate surface area is 122 Å². The minimum atomic E-state index is -0.0416. The number of amides is 1. The van der Waals surface area contributed by atoms with E-state index in [-0.39, 0.29) is 24.2 Å². The summed E-state index contributed by atoms with van der Waals surface area (Å²) >= 11 is 0. The maximum Gasteiger partial charge on any atom is 0.227 e. The SMILES string of the molecule is CCN[C@H](C)CNC(=O)C(CC)c1ccccc1.Cl. The van der Waals surface area contributed by atoms with E-state index in [0.29, 0.717) is 12.6 Å². The number of carbonyl (C=O) groups excluding carboxylic acids is 1. The van der Waals surface area contributed by atoms with E-state index in [1.54, 1.807) is 0 Å². The molecular formula is C15H25ClN2O. The van der Waals surface area contributed by atoms with Crippen molar-refractivity contribution in [3.63, 3.8) is 0 Å². The van der Waals surface area contributed by atoms with Crippen LogP contribution in [0.5, 0.6) is 0 Å². The number of hydrogen-bond donors (Lipinski definition) is 2. The van der Waals surface area contributed by atoms with E-state index in [9.17, 15) is 4.79 Å². The lowest BCUT2D eigenvalue weighted by Crippen LogP contribution is -2.40. The van der Waals surface area contributed by atoms with E-state index in [4.69, 9.17) is 0 Å². The summed E-state index contributed by atoms with van der Waals surface area (Å²) in [7, 11) is 0. The van der Waals surface area contributed by atoms with Gasteiger partial charge in [0.1, 0.15) is 0 Å². The Hall–Kier alpha value is -1.06. The van der Waals surface area contributed by atoms with Crippen molar-refractivity contribution in [2.45, 2.75) is 39.2 Å². The Balaban J connectivity index is 0.00000324. The fourth-order valence-corrected chi connectivity index (χ4v) is 2.06. The van der Waals surface area contributed by atoms with Gasteiger partial charge in [0, 0.05) is 12.6 Å². The summed E-state index contributed by atoms with van der Waals surface area (Å²) in [6.07, 6.45) is 0.825. The summed E-state index contributed by atoms with van der Waals surface area (Å²) in [5.41, 5.74) is 1.09. The van der Waals surface area contributed by atoms with Gasteiger partial charge in [-0.1, -0.05) is 44.2 Å². The summed E-state index contributed by atoms with van der Waals surface area (Å²) in [4.78, 5) is 12.1. The van der Waals surface area contributed by atoms with E-state index in [0.717, 1.165) is 18.5 Å². The molecule has 0 fully saturated rings. The Morgan fingerprint density at radius 1 is 1.21 bits per heavy atom. The Morgan fingerprint density at radius 3 is 2.37 bits per heavy atom. The molecule has 0 saturated carbocycles. The number of hydrogen-bond acceptors (Lipinski definition) is 2. The maximum absolute atomic E-state index is 12.1. The summed E-state index contributed by atoms with van der Waals surface area (Å²) in [6, 6.07) is 10.3. The first kappa shape index (κ1) is 17.9. The van der Waals surface area contributed by atoms with Gasteiger partial charge in [-0.25, -0.2) is 0 Å². The standard InChI is InChI=1S/C15H24N2O.ClH/c1-4-14(13-9-7-6-8-10-13)15(18)17-11-12(3)16-5-2;/h6-10,12,14,16H,4-5,11H2,1-3H3,(H,17,18);1H/t12-,14?;/m1./s1. The fourth-order valence-electron chi connectivity index (χ4n) is 2.06. The van der Waals surface area contributed by atoms with E-state index < -0.39 is 0 Å². The third-order valence-corrected chi connectivity index (χ3v) is 3.06. The van der Waals surface area contributed by atoms with E-state index >= 15 is 0 Å². The Morgan fingerprint density at radius 2 is 1.84 bits per heavy atom. The first-order valence-electron chi connectivity index (χ1n) is 6.75. The van der Waals surface area contributed by atoms with Crippen molar-refractivity contribution in [3.8, 4) is 0 Å². The molecule has 2 atom stereocenters. The quantitative estimate of drug-likeness (QED) is 0.808. The number of nitrogens with one attached hydrogen (secondary N) is 2. The molecule has 108 valence electrons. The molecular weight excluding hydrogens is 260 g/mol. The summed E-state index contributed by atoms with van der Waals surface area (Å²) < 4.78 is 0. The second kappa shape index (κ2) is 9.82. The van der Waals surface area contributed by atoms with Crippen LogP contribution in [0.25, 0.3) is 0 Å². The molecule has 0 saturated heterocycles. The third kappa shape index (κ3) is 6.08. The summed E-state index contributed by atoms with van der Waals surface area (Å²) in [5, 5.41) is 6.30. The molecule has 4 heteroatoms. The van der Waals surface area contributed by atoms with Crippen molar-refractivity contribution >= 4 is 18.3 Å². The Kier molecular flexibility index (Phi) is 9.27. The summed E-state index contributed by atoms with van der Waals surface area (Å²) in [6.45, 7) is 7.79. The fraction of sp³-hybridized carbons (Fsp3) is 0.533. The van der Waals surface area contributed by atoms with Crippen molar-refractivity contribution in [3.05, 3.63) is 35.9 Å². The molecule has 3 nitrogen and oxygen atoms in total. The van der Waals surface area contributed by atoms with Crippen molar-refractivity contribution in [1.82, 2.24) is 10.6 Å². The van der Waals surface area contributed by atoms with Crippen molar-refractivity contribution in [2.75, 3.05) is 13.1 Å². The molecule has 0 aromatic heterocycles. The van der Waals surface area contributed by atoms with Crippen LogP contribution in [0.4, 0.5) is 0 Å². The largest absolute Gasteiger partial charge is 0.354 e. The second-order valence-corrected chi connectivity index (χ2v) is 4.58. The maximum atomic E-state index is 12.1. The molecule has 1 aromatic rings. The van der Waals surface area contributed by atoms with Crippen LogP contribution in [0.1, 0.15) is 38.7 Å². The molecule has 0 spiro atoms. The highest BCUT2D eigenvalue weighted by Crippen LogP contribution is 2.18. The number of carbonyl (C=O) groups is 1. The lowest BCUT2D eigenvalue weighted by molar-refractivity contribution is -0.122. The molecule has 0 radical (unpaired) electrons. The lowest BCUT2D eigenvalue weighted by atomic mass is 9.95. The molecule has 0 bridgehead atoms. The highest BCUT2D eigenvalue weighted by Gasteiger charge is 2.18. The normalized spacial score (nSPS) is 13.2. The average molecular weight is 285 g/mol. The first-order chi connectivity index (χ1) is 8.69. The van der Waals surface area contributed by atoms with Gasteiger partial charge in [0.25, 0.3) is 0 Å². The minimum Gasteiger partial charge on any atom is -0.354 e. The van der Waals surface area contributed by atoms with Crippen LogP contribution >= 0.6 is 12.4 Å². The van der Waals surface area contributed by atoms with Gasteiger partial charge >= 0.3 is 0 Å². The predicted molar refractivity (Wildman–Crippen MR) is 82.9 cm³/mol. The van der Waals surface area contributed by atoms with E-state index in [1.807, 2.05) is 37.3 Å². The van der Waals surface area contributed by atoms with Crippen LogP contribution in [0.2, 0.25) is 0 Å². The zero-order chi connectivity index (χ0) is 13.4. The van der Waals surface area contributed by atoms with Gasteiger partial charge in [-0.3, -0.25) is 4.79 Å². The van der Waals surface area contributed by atoms with Gasteiger partial charge in [-0.2, -0.15) is 0 Å². The molecule has 1 unspecified atom stereocenters. The lowest BCUT2D eigenvalue weighted by Gasteiger charge is -2.18. The monoisotopic (exact) mass is 284 g/mol. The number of benzene rings is 1. The molecule has 0 heterocycles. The van der Waals surface area contributed by atoms with Crippen LogP contribution in [-0.4, -0.2) is 25.0 Å². The van der Waals surface area contributed by atoms with Crippen molar-refractivity contribution < 1.29 is 4.79 Å². The zero-order valence-electron chi connectivity index (χ0n) is 12.0. The van der Waals surface area contributed by atoms with Gasteiger partial charge in [0.2, 0.25) is 5.91 Å². The molecule has 1 aromatic carbocycles. The average Bonchev–Trinajstić information content (AvgIpc) is 2.39. The minimum absolute atomic E-state index is 0. The second-order valence-electron chi connectivity index (χ2n) is 4.58. The highest BCUT2D eigenvalue weighted by molar-refractivity contribution is 5.85. The topological polar surface area (TPSA) is 41.1 Å².